The number of carbonyl (C=O) groups is 2. The fourth-order valence-corrected chi connectivity index (χ4v) is 3.53. The average Bonchev–Trinajstić information content (AvgIpc) is 2.61. The van der Waals surface area contributed by atoms with Crippen molar-refractivity contribution in [1.29, 1.82) is 0 Å². The van der Waals surface area contributed by atoms with Crippen molar-refractivity contribution < 1.29 is 9.59 Å². The molecule has 3 heteroatoms. The molecule has 0 saturated carbocycles. The van der Waals surface area contributed by atoms with Gasteiger partial charge in [-0.15, -0.1) is 0 Å². The Balaban J connectivity index is 1.83. The predicted octanol–water partition coefficient (Wildman–Crippen LogP) is 5.06. The van der Waals surface area contributed by atoms with Crippen LogP contribution in [0.25, 0.3) is 0 Å². The molecule has 0 spiro atoms. The number of hydrogen-bond donors (Lipinski definition) is 0. The van der Waals surface area contributed by atoms with Crippen molar-refractivity contribution in [2.75, 3.05) is 13.1 Å². The standard InChI is InChI=1S/C22H33NO2/c1-16(2)6-5-7-21(24)23-14-12-19(13-15-23)18-8-10-20(11-9-18)22(25)17(3)4/h8-11,16-17,19H,5-7,12-15H2,1-4H3. The molecule has 1 heterocycles. The number of rotatable bonds is 7. The Morgan fingerprint density at radius 1 is 1.04 bits per heavy atom. The number of ketones is 1. The van der Waals surface area contributed by atoms with Crippen LogP contribution in [0, 0.1) is 11.8 Å². The number of piperidine rings is 1. The molecular formula is C22H33NO2. The molecule has 1 aliphatic rings. The van der Waals surface area contributed by atoms with E-state index < -0.39 is 0 Å². The van der Waals surface area contributed by atoms with Gasteiger partial charge in [0.05, 0.1) is 0 Å². The quantitative estimate of drug-likeness (QED) is 0.649. The first-order chi connectivity index (χ1) is 11.9. The van der Waals surface area contributed by atoms with Crippen molar-refractivity contribution >= 4 is 11.7 Å². The molecule has 2 rings (SSSR count). The Bertz CT molecular complexity index is 566. The second kappa shape index (κ2) is 9.17. The van der Waals surface area contributed by atoms with Crippen molar-refractivity contribution in [3.05, 3.63) is 35.4 Å². The summed E-state index contributed by atoms with van der Waals surface area (Å²) in [5, 5.41) is 0. The van der Waals surface area contributed by atoms with Crippen LogP contribution in [0.3, 0.4) is 0 Å². The highest BCUT2D eigenvalue weighted by Crippen LogP contribution is 2.29. The zero-order valence-corrected chi connectivity index (χ0v) is 16.3. The van der Waals surface area contributed by atoms with E-state index in [2.05, 4.69) is 26.0 Å². The molecule has 1 amide bonds. The van der Waals surface area contributed by atoms with E-state index in [9.17, 15) is 9.59 Å². The molecule has 0 aliphatic carbocycles. The summed E-state index contributed by atoms with van der Waals surface area (Å²) in [6, 6.07) is 8.11. The van der Waals surface area contributed by atoms with Crippen molar-refractivity contribution in [2.45, 2.75) is 65.7 Å². The summed E-state index contributed by atoms with van der Waals surface area (Å²) >= 11 is 0. The van der Waals surface area contributed by atoms with Crippen LogP contribution >= 0.6 is 0 Å². The molecule has 0 N–H and O–H groups in total. The topological polar surface area (TPSA) is 37.4 Å². The number of hydrogen-bond acceptors (Lipinski definition) is 2. The Hall–Kier alpha value is -1.64. The normalized spacial score (nSPS) is 15.8. The molecule has 3 nitrogen and oxygen atoms in total. The van der Waals surface area contributed by atoms with E-state index in [-0.39, 0.29) is 11.7 Å². The van der Waals surface area contributed by atoms with Gasteiger partial charge in [0, 0.05) is 31.0 Å². The summed E-state index contributed by atoms with van der Waals surface area (Å²) in [5.74, 6) is 1.73. The minimum Gasteiger partial charge on any atom is -0.343 e. The number of Topliss-reactive ketones (excluding diaryl/α,β-unsaturated/α-hetero) is 1. The predicted molar refractivity (Wildman–Crippen MR) is 103 cm³/mol. The van der Waals surface area contributed by atoms with Crippen LogP contribution in [0.15, 0.2) is 24.3 Å². The molecule has 1 aromatic rings. The van der Waals surface area contributed by atoms with Gasteiger partial charge in [-0.2, -0.15) is 0 Å². The zero-order valence-electron chi connectivity index (χ0n) is 16.3. The van der Waals surface area contributed by atoms with E-state index in [1.54, 1.807) is 0 Å². The van der Waals surface area contributed by atoms with Crippen LogP contribution in [0.2, 0.25) is 0 Å². The molecule has 0 unspecified atom stereocenters. The van der Waals surface area contributed by atoms with Gasteiger partial charge in [0.1, 0.15) is 0 Å². The third-order valence-electron chi connectivity index (χ3n) is 5.21. The maximum absolute atomic E-state index is 12.3. The van der Waals surface area contributed by atoms with Crippen LogP contribution in [0.5, 0.6) is 0 Å². The van der Waals surface area contributed by atoms with E-state index >= 15 is 0 Å². The molecule has 0 radical (unpaired) electrons. The smallest absolute Gasteiger partial charge is 0.222 e. The molecule has 0 bridgehead atoms. The summed E-state index contributed by atoms with van der Waals surface area (Å²) in [5.41, 5.74) is 2.10. The summed E-state index contributed by atoms with van der Waals surface area (Å²) in [7, 11) is 0. The van der Waals surface area contributed by atoms with Gasteiger partial charge in [-0.25, -0.2) is 0 Å². The Labute approximate surface area is 152 Å². The lowest BCUT2D eigenvalue weighted by atomic mass is 9.88. The number of amides is 1. The van der Waals surface area contributed by atoms with Crippen LogP contribution in [-0.4, -0.2) is 29.7 Å². The van der Waals surface area contributed by atoms with Crippen molar-refractivity contribution in [3.8, 4) is 0 Å². The SMILES string of the molecule is CC(C)CCCC(=O)N1CCC(c2ccc(C(=O)C(C)C)cc2)CC1. The second-order valence-corrected chi connectivity index (χ2v) is 8.08. The highest BCUT2D eigenvalue weighted by atomic mass is 16.2. The Kier molecular flexibility index (Phi) is 7.22. The summed E-state index contributed by atoms with van der Waals surface area (Å²) in [6.07, 6.45) is 4.86. The van der Waals surface area contributed by atoms with Crippen LogP contribution in [-0.2, 0) is 4.79 Å². The van der Waals surface area contributed by atoms with Crippen molar-refractivity contribution in [3.63, 3.8) is 0 Å². The molecule has 0 atom stereocenters. The van der Waals surface area contributed by atoms with Gasteiger partial charge in [-0.05, 0) is 36.7 Å². The zero-order chi connectivity index (χ0) is 18.4. The summed E-state index contributed by atoms with van der Waals surface area (Å²) < 4.78 is 0. The number of nitrogens with zero attached hydrogens (tertiary/aromatic N) is 1. The van der Waals surface area contributed by atoms with Gasteiger partial charge in [-0.3, -0.25) is 9.59 Å². The number of likely N-dealkylation sites (tertiary alicyclic amines) is 1. The van der Waals surface area contributed by atoms with E-state index in [0.29, 0.717) is 24.2 Å². The number of benzene rings is 1. The first-order valence-corrected chi connectivity index (χ1v) is 9.80. The van der Waals surface area contributed by atoms with Gasteiger partial charge >= 0.3 is 0 Å². The lowest BCUT2D eigenvalue weighted by molar-refractivity contribution is -0.132. The molecular weight excluding hydrogens is 310 g/mol. The van der Waals surface area contributed by atoms with Crippen molar-refractivity contribution in [1.82, 2.24) is 4.90 Å². The largest absolute Gasteiger partial charge is 0.343 e. The maximum atomic E-state index is 12.3. The van der Waals surface area contributed by atoms with Crippen molar-refractivity contribution in [2.24, 2.45) is 11.8 Å². The average molecular weight is 344 g/mol. The van der Waals surface area contributed by atoms with Gasteiger partial charge in [0.25, 0.3) is 0 Å². The molecule has 0 aromatic heterocycles. The summed E-state index contributed by atoms with van der Waals surface area (Å²) in [4.78, 5) is 26.4. The third-order valence-corrected chi connectivity index (χ3v) is 5.21. The Morgan fingerprint density at radius 2 is 1.64 bits per heavy atom. The first kappa shape index (κ1) is 19.7. The van der Waals surface area contributed by atoms with Gasteiger partial charge in [-0.1, -0.05) is 58.4 Å². The monoisotopic (exact) mass is 343 g/mol. The fourth-order valence-electron chi connectivity index (χ4n) is 3.53. The van der Waals surface area contributed by atoms with Gasteiger partial charge in [0.2, 0.25) is 5.91 Å². The minimum atomic E-state index is 0.0378. The minimum absolute atomic E-state index is 0.0378. The molecule has 1 aromatic carbocycles. The van der Waals surface area contributed by atoms with Crippen LogP contribution < -0.4 is 0 Å². The number of carbonyl (C=O) groups excluding carboxylic acids is 2. The molecule has 1 fully saturated rings. The highest BCUT2D eigenvalue weighted by Gasteiger charge is 2.23. The second-order valence-electron chi connectivity index (χ2n) is 8.08. The lowest BCUT2D eigenvalue weighted by Crippen LogP contribution is -2.37. The molecule has 138 valence electrons. The van der Waals surface area contributed by atoms with E-state index in [0.717, 1.165) is 44.3 Å². The van der Waals surface area contributed by atoms with E-state index in [4.69, 9.17) is 0 Å². The van der Waals surface area contributed by atoms with E-state index in [1.807, 2.05) is 30.9 Å². The summed E-state index contributed by atoms with van der Waals surface area (Å²) in [6.45, 7) is 10.00. The Morgan fingerprint density at radius 3 is 2.16 bits per heavy atom. The molecule has 1 saturated heterocycles. The third kappa shape index (κ3) is 5.69. The van der Waals surface area contributed by atoms with Crippen LogP contribution in [0.1, 0.15) is 81.6 Å². The lowest BCUT2D eigenvalue weighted by Gasteiger charge is -2.32. The highest BCUT2D eigenvalue weighted by molar-refractivity contribution is 5.97. The molecule has 25 heavy (non-hydrogen) atoms. The van der Waals surface area contributed by atoms with Gasteiger partial charge in [0.15, 0.2) is 5.78 Å². The first-order valence-electron chi connectivity index (χ1n) is 9.80. The van der Waals surface area contributed by atoms with Crippen LogP contribution in [0.4, 0.5) is 0 Å². The maximum Gasteiger partial charge on any atom is 0.222 e. The fraction of sp³-hybridized carbons (Fsp3) is 0.636. The van der Waals surface area contributed by atoms with Gasteiger partial charge < -0.3 is 4.90 Å². The molecule has 1 aliphatic heterocycles. The van der Waals surface area contributed by atoms with E-state index in [1.165, 1.54) is 5.56 Å².